The Morgan fingerprint density at radius 1 is 1.24 bits per heavy atom. The largest absolute Gasteiger partial charge is 0.341 e. The molecule has 1 unspecified atom stereocenters. The first-order valence-corrected chi connectivity index (χ1v) is 6.44. The summed E-state index contributed by atoms with van der Waals surface area (Å²) < 4.78 is 47.8. The van der Waals surface area contributed by atoms with Crippen molar-refractivity contribution in [3.63, 3.8) is 0 Å². The molecule has 3 nitrogen and oxygen atoms in total. The van der Waals surface area contributed by atoms with Gasteiger partial charge in [-0.1, -0.05) is 25.1 Å². The molecule has 0 aliphatic rings. The van der Waals surface area contributed by atoms with Crippen molar-refractivity contribution in [3.05, 3.63) is 29.8 Å². The molecule has 6 heteroatoms. The van der Waals surface area contributed by atoms with Gasteiger partial charge in [0.1, 0.15) is 5.78 Å². The summed E-state index contributed by atoms with van der Waals surface area (Å²) in [6.45, 7) is 2.78. The maximum atomic E-state index is 12.5. The van der Waals surface area contributed by atoms with E-state index in [1.807, 2.05) is 0 Å². The number of alkyl halides is 2. The van der Waals surface area contributed by atoms with Crippen molar-refractivity contribution in [1.29, 1.82) is 0 Å². The summed E-state index contributed by atoms with van der Waals surface area (Å²) in [5.41, 5.74) is 0.111. The van der Waals surface area contributed by atoms with Crippen molar-refractivity contribution in [2.75, 3.05) is 0 Å². The van der Waals surface area contributed by atoms with Crippen LogP contribution in [0.1, 0.15) is 25.3 Å². The van der Waals surface area contributed by atoms with E-state index in [9.17, 15) is 22.0 Å². The molecule has 17 heavy (non-hydrogen) atoms. The molecule has 94 valence electrons. The van der Waals surface area contributed by atoms with Crippen LogP contribution in [0.5, 0.6) is 0 Å². The zero-order chi connectivity index (χ0) is 13.2. The average molecular weight is 262 g/mol. The molecule has 1 atom stereocenters. The lowest BCUT2D eigenvalue weighted by Gasteiger charge is -2.13. The van der Waals surface area contributed by atoms with Crippen LogP contribution in [0.3, 0.4) is 0 Å². The first kappa shape index (κ1) is 13.8. The van der Waals surface area contributed by atoms with E-state index < -0.39 is 26.4 Å². The Kier molecular flexibility index (Phi) is 3.98. The Bertz CT molecular complexity index is 523. The lowest BCUT2D eigenvalue weighted by Crippen LogP contribution is -2.16. The van der Waals surface area contributed by atoms with Crippen LogP contribution < -0.4 is 0 Å². The summed E-state index contributed by atoms with van der Waals surface area (Å²) in [5, 5.41) is 0. The van der Waals surface area contributed by atoms with Gasteiger partial charge in [-0.25, -0.2) is 8.42 Å². The number of benzene rings is 1. The van der Waals surface area contributed by atoms with Crippen LogP contribution >= 0.6 is 0 Å². The van der Waals surface area contributed by atoms with E-state index in [1.54, 1.807) is 0 Å². The van der Waals surface area contributed by atoms with E-state index in [0.717, 1.165) is 6.07 Å². The van der Waals surface area contributed by atoms with Gasteiger partial charge >= 0.3 is 5.76 Å². The molecule has 0 fully saturated rings. The molecular formula is C11H12F2O3S. The average Bonchev–Trinajstić information content (AvgIpc) is 2.27. The number of sulfone groups is 1. The number of carbonyl (C=O) groups excluding carboxylic acids is 1. The van der Waals surface area contributed by atoms with Gasteiger partial charge in [0, 0.05) is 5.92 Å². The van der Waals surface area contributed by atoms with E-state index in [2.05, 4.69) is 0 Å². The zero-order valence-corrected chi connectivity index (χ0v) is 10.2. The van der Waals surface area contributed by atoms with Crippen molar-refractivity contribution in [2.24, 2.45) is 0 Å². The Hall–Kier alpha value is -1.30. The van der Waals surface area contributed by atoms with Gasteiger partial charge in [0.15, 0.2) is 0 Å². The highest BCUT2D eigenvalue weighted by molar-refractivity contribution is 7.91. The maximum absolute atomic E-state index is 12.5. The molecule has 1 rings (SSSR count). The molecule has 0 bridgehead atoms. The number of ketones is 1. The SMILES string of the molecule is CC(=O)C(C)c1ccccc1S(=O)(=O)C(F)F. The van der Waals surface area contributed by atoms with Gasteiger partial charge in [-0.2, -0.15) is 8.78 Å². The number of halogens is 2. The molecule has 0 N–H and O–H groups in total. The lowest BCUT2D eigenvalue weighted by molar-refractivity contribution is -0.118. The van der Waals surface area contributed by atoms with Gasteiger partial charge in [-0.3, -0.25) is 4.79 Å². The normalized spacial score (nSPS) is 13.7. The van der Waals surface area contributed by atoms with E-state index in [-0.39, 0.29) is 11.3 Å². The Labute approximate surface area is 98.4 Å². The molecule has 0 aliphatic carbocycles. The highest BCUT2D eigenvalue weighted by Gasteiger charge is 2.30. The fourth-order valence-corrected chi connectivity index (χ4v) is 2.45. The van der Waals surface area contributed by atoms with Crippen LogP contribution in [0.25, 0.3) is 0 Å². The van der Waals surface area contributed by atoms with Crippen molar-refractivity contribution in [3.8, 4) is 0 Å². The Morgan fingerprint density at radius 3 is 2.24 bits per heavy atom. The third-order valence-corrected chi connectivity index (χ3v) is 3.99. The highest BCUT2D eigenvalue weighted by atomic mass is 32.2. The summed E-state index contributed by atoms with van der Waals surface area (Å²) in [5.74, 6) is -4.48. The summed E-state index contributed by atoms with van der Waals surface area (Å²) in [7, 11) is -4.67. The van der Waals surface area contributed by atoms with Crippen LogP contribution in [-0.4, -0.2) is 20.0 Å². The van der Waals surface area contributed by atoms with E-state index in [1.165, 1.54) is 32.0 Å². The van der Waals surface area contributed by atoms with E-state index in [0.29, 0.717) is 0 Å². The number of hydrogen-bond acceptors (Lipinski definition) is 3. The van der Waals surface area contributed by atoms with E-state index >= 15 is 0 Å². The van der Waals surface area contributed by atoms with Gasteiger partial charge in [0.25, 0.3) is 0 Å². The molecule has 0 saturated heterocycles. The zero-order valence-electron chi connectivity index (χ0n) is 9.35. The molecule has 0 radical (unpaired) electrons. The van der Waals surface area contributed by atoms with Crippen molar-refractivity contribution < 1.29 is 22.0 Å². The summed E-state index contributed by atoms with van der Waals surface area (Å²) in [4.78, 5) is 10.7. The van der Waals surface area contributed by atoms with Crippen LogP contribution in [0.4, 0.5) is 8.78 Å². The fourth-order valence-electron chi connectivity index (χ4n) is 1.41. The minimum atomic E-state index is -4.67. The Morgan fingerprint density at radius 2 is 1.76 bits per heavy atom. The monoisotopic (exact) mass is 262 g/mol. The van der Waals surface area contributed by atoms with Crippen molar-refractivity contribution in [1.82, 2.24) is 0 Å². The summed E-state index contributed by atoms with van der Waals surface area (Å²) >= 11 is 0. The highest BCUT2D eigenvalue weighted by Crippen LogP contribution is 2.28. The van der Waals surface area contributed by atoms with Gasteiger partial charge in [0.05, 0.1) is 4.90 Å². The second-order valence-electron chi connectivity index (χ2n) is 3.68. The summed E-state index contributed by atoms with van der Waals surface area (Å²) in [6.07, 6.45) is 0. The van der Waals surface area contributed by atoms with Crippen LogP contribution in [-0.2, 0) is 14.6 Å². The first-order valence-electron chi connectivity index (χ1n) is 4.90. The Balaban J connectivity index is 3.42. The lowest BCUT2D eigenvalue weighted by atomic mass is 9.98. The van der Waals surface area contributed by atoms with Gasteiger partial charge in [-0.15, -0.1) is 0 Å². The molecule has 0 spiro atoms. The number of hydrogen-bond donors (Lipinski definition) is 0. The van der Waals surface area contributed by atoms with Gasteiger partial charge in [0.2, 0.25) is 9.84 Å². The first-order chi connectivity index (χ1) is 7.78. The molecule has 0 aliphatic heterocycles. The molecule has 1 aromatic rings. The van der Waals surface area contributed by atoms with E-state index in [4.69, 9.17) is 0 Å². The maximum Gasteiger partial charge on any atom is 0.341 e. The molecule has 0 heterocycles. The van der Waals surface area contributed by atoms with Crippen LogP contribution in [0.2, 0.25) is 0 Å². The van der Waals surface area contributed by atoms with Crippen molar-refractivity contribution in [2.45, 2.75) is 30.4 Å². The second-order valence-corrected chi connectivity index (χ2v) is 5.56. The topological polar surface area (TPSA) is 51.2 Å². The smallest absolute Gasteiger partial charge is 0.299 e. The van der Waals surface area contributed by atoms with Crippen LogP contribution in [0.15, 0.2) is 29.2 Å². The van der Waals surface area contributed by atoms with Gasteiger partial charge < -0.3 is 0 Å². The second kappa shape index (κ2) is 4.91. The molecular weight excluding hydrogens is 250 g/mol. The number of rotatable bonds is 4. The molecule has 0 saturated carbocycles. The van der Waals surface area contributed by atoms with Crippen LogP contribution in [0, 0.1) is 0 Å². The fraction of sp³-hybridized carbons (Fsp3) is 0.364. The standard InChI is InChI=1S/C11H12F2O3S/c1-7(8(2)14)9-5-3-4-6-10(9)17(15,16)11(12)13/h3-7,11H,1-2H3. The number of carbonyl (C=O) groups is 1. The quantitative estimate of drug-likeness (QED) is 0.837. The predicted octanol–water partition coefficient (Wildman–Crippen LogP) is 2.38. The minimum Gasteiger partial charge on any atom is -0.299 e. The predicted molar refractivity (Wildman–Crippen MR) is 58.7 cm³/mol. The van der Waals surface area contributed by atoms with Crippen molar-refractivity contribution >= 4 is 15.6 Å². The number of Topliss-reactive ketones (excluding diaryl/α,β-unsaturated/α-hetero) is 1. The third kappa shape index (κ3) is 2.69. The molecule has 1 aromatic carbocycles. The third-order valence-electron chi connectivity index (χ3n) is 2.54. The molecule has 0 aromatic heterocycles. The molecule has 0 amide bonds. The minimum absolute atomic E-state index is 0.111. The van der Waals surface area contributed by atoms with Gasteiger partial charge in [-0.05, 0) is 18.6 Å². The summed E-state index contributed by atoms with van der Waals surface area (Å²) in [6, 6.07) is 5.34.